The molecule has 0 aliphatic carbocycles. The molecule has 1 aromatic heterocycles. The Morgan fingerprint density at radius 2 is 2.20 bits per heavy atom. The fraction of sp³-hybridized carbons (Fsp3) is 0.714. The minimum Gasteiger partial charge on any atom is -0.382 e. The Hall–Kier alpha value is -1.30. The lowest BCUT2D eigenvalue weighted by Gasteiger charge is -2.36. The zero-order valence-electron chi connectivity index (χ0n) is 12.7. The lowest BCUT2D eigenvalue weighted by atomic mass is 9.95. The average molecular weight is 296 g/mol. The van der Waals surface area contributed by atoms with Gasteiger partial charge in [0.05, 0.1) is 0 Å². The van der Waals surface area contributed by atoms with E-state index < -0.39 is 0 Å². The maximum Gasteiger partial charge on any atom is 0.268 e. The maximum atomic E-state index is 12.7. The fourth-order valence-electron chi connectivity index (χ4n) is 2.47. The molecule has 6 heteroatoms. The molecule has 1 aliphatic heterocycles. The van der Waals surface area contributed by atoms with E-state index in [0.717, 1.165) is 24.6 Å². The van der Waals surface area contributed by atoms with Crippen molar-refractivity contribution in [3.8, 4) is 0 Å². The van der Waals surface area contributed by atoms with E-state index in [1.807, 2.05) is 23.8 Å². The average Bonchev–Trinajstić information content (AvgIpc) is 2.82. The van der Waals surface area contributed by atoms with Crippen LogP contribution in [0.5, 0.6) is 0 Å². The van der Waals surface area contributed by atoms with Crippen LogP contribution in [0.3, 0.4) is 0 Å². The van der Waals surface area contributed by atoms with Gasteiger partial charge in [0.1, 0.15) is 10.7 Å². The number of anilines is 2. The molecule has 2 rings (SSSR count). The number of piperidine rings is 1. The van der Waals surface area contributed by atoms with E-state index >= 15 is 0 Å². The first kappa shape index (κ1) is 15.1. The SMILES string of the molecule is CCN(C)c1nc(N)c(C(=O)N2CC(C)CCC2C)s1. The Balaban J connectivity index is 2.22. The van der Waals surface area contributed by atoms with Crippen LogP contribution >= 0.6 is 11.3 Å². The molecule has 1 aromatic rings. The van der Waals surface area contributed by atoms with Gasteiger partial charge in [0.2, 0.25) is 0 Å². The molecule has 2 N–H and O–H groups in total. The van der Waals surface area contributed by atoms with Crippen LogP contribution in [-0.4, -0.2) is 42.0 Å². The van der Waals surface area contributed by atoms with E-state index in [1.54, 1.807) is 0 Å². The first-order chi connectivity index (χ1) is 9.43. The second kappa shape index (κ2) is 5.99. The summed E-state index contributed by atoms with van der Waals surface area (Å²) in [6, 6.07) is 0.285. The van der Waals surface area contributed by atoms with Gasteiger partial charge in [0, 0.05) is 26.2 Å². The van der Waals surface area contributed by atoms with Gasteiger partial charge in [-0.3, -0.25) is 4.79 Å². The van der Waals surface area contributed by atoms with Crippen LogP contribution in [0.4, 0.5) is 10.9 Å². The lowest BCUT2D eigenvalue weighted by molar-refractivity contribution is 0.0580. The molecule has 5 nitrogen and oxygen atoms in total. The Morgan fingerprint density at radius 3 is 2.85 bits per heavy atom. The molecule has 20 heavy (non-hydrogen) atoms. The van der Waals surface area contributed by atoms with Crippen LogP contribution in [0.1, 0.15) is 43.3 Å². The molecule has 1 saturated heterocycles. The summed E-state index contributed by atoms with van der Waals surface area (Å²) in [4.78, 5) is 21.6. The number of hydrogen-bond acceptors (Lipinski definition) is 5. The van der Waals surface area contributed by atoms with E-state index in [-0.39, 0.29) is 11.9 Å². The highest BCUT2D eigenvalue weighted by Gasteiger charge is 2.30. The van der Waals surface area contributed by atoms with E-state index in [4.69, 9.17) is 5.73 Å². The van der Waals surface area contributed by atoms with Crippen molar-refractivity contribution in [1.82, 2.24) is 9.88 Å². The monoisotopic (exact) mass is 296 g/mol. The zero-order chi connectivity index (χ0) is 14.9. The number of nitrogen functional groups attached to an aromatic ring is 1. The zero-order valence-corrected chi connectivity index (χ0v) is 13.5. The van der Waals surface area contributed by atoms with Crippen LogP contribution in [0.25, 0.3) is 0 Å². The quantitative estimate of drug-likeness (QED) is 0.930. The van der Waals surface area contributed by atoms with Crippen LogP contribution < -0.4 is 10.6 Å². The van der Waals surface area contributed by atoms with Crippen molar-refractivity contribution in [1.29, 1.82) is 0 Å². The lowest BCUT2D eigenvalue weighted by Crippen LogP contribution is -2.44. The number of nitrogens with two attached hydrogens (primary N) is 1. The van der Waals surface area contributed by atoms with Crippen LogP contribution in [0, 0.1) is 5.92 Å². The molecular weight excluding hydrogens is 272 g/mol. The van der Waals surface area contributed by atoms with Crippen molar-refractivity contribution in [2.24, 2.45) is 5.92 Å². The number of amides is 1. The largest absolute Gasteiger partial charge is 0.382 e. The van der Waals surface area contributed by atoms with E-state index in [9.17, 15) is 4.79 Å². The Kier molecular flexibility index (Phi) is 4.52. The summed E-state index contributed by atoms with van der Waals surface area (Å²) in [7, 11) is 1.96. The first-order valence-electron chi connectivity index (χ1n) is 7.22. The van der Waals surface area contributed by atoms with Crippen molar-refractivity contribution in [3.63, 3.8) is 0 Å². The second-order valence-corrected chi connectivity index (χ2v) is 6.69. The molecule has 112 valence electrons. The molecular formula is C14H24N4OS. The molecule has 1 fully saturated rings. The molecule has 2 atom stereocenters. The second-order valence-electron chi connectivity index (χ2n) is 5.71. The Labute approximate surface area is 124 Å². The van der Waals surface area contributed by atoms with Crippen LogP contribution in [0.2, 0.25) is 0 Å². The number of carbonyl (C=O) groups excluding carboxylic acids is 1. The fourth-order valence-corrected chi connectivity index (χ4v) is 3.44. The molecule has 0 spiro atoms. The summed E-state index contributed by atoms with van der Waals surface area (Å²) in [5.41, 5.74) is 5.95. The summed E-state index contributed by atoms with van der Waals surface area (Å²) in [5, 5.41) is 0.811. The number of aromatic nitrogens is 1. The van der Waals surface area contributed by atoms with Crippen molar-refractivity contribution in [2.45, 2.75) is 39.7 Å². The third kappa shape index (κ3) is 2.90. The molecule has 1 aliphatic rings. The summed E-state index contributed by atoms with van der Waals surface area (Å²) in [6.45, 7) is 8.01. The van der Waals surface area contributed by atoms with Gasteiger partial charge >= 0.3 is 0 Å². The summed E-state index contributed by atoms with van der Waals surface area (Å²) >= 11 is 1.40. The Morgan fingerprint density at radius 1 is 1.50 bits per heavy atom. The normalized spacial score (nSPS) is 22.9. The summed E-state index contributed by atoms with van der Waals surface area (Å²) in [6.07, 6.45) is 2.25. The van der Waals surface area contributed by atoms with Crippen molar-refractivity contribution >= 4 is 28.2 Å². The van der Waals surface area contributed by atoms with Crippen LogP contribution in [-0.2, 0) is 0 Å². The number of thiazole rings is 1. The number of nitrogens with zero attached hydrogens (tertiary/aromatic N) is 3. The molecule has 0 radical (unpaired) electrons. The minimum absolute atomic E-state index is 0.0369. The molecule has 2 unspecified atom stereocenters. The van der Waals surface area contributed by atoms with Gasteiger partial charge < -0.3 is 15.5 Å². The number of rotatable bonds is 3. The molecule has 2 heterocycles. The van der Waals surface area contributed by atoms with Gasteiger partial charge in [-0.1, -0.05) is 18.3 Å². The Bertz CT molecular complexity index is 488. The molecule has 0 aromatic carbocycles. The van der Waals surface area contributed by atoms with Gasteiger partial charge in [-0.2, -0.15) is 0 Å². The molecule has 1 amide bonds. The third-order valence-corrected chi connectivity index (χ3v) is 5.19. The summed E-state index contributed by atoms with van der Waals surface area (Å²) in [5.74, 6) is 0.956. The van der Waals surface area contributed by atoms with E-state index in [1.165, 1.54) is 17.8 Å². The first-order valence-corrected chi connectivity index (χ1v) is 8.04. The molecule has 0 saturated carbocycles. The predicted octanol–water partition coefficient (Wildman–Crippen LogP) is 2.44. The topological polar surface area (TPSA) is 62.5 Å². The van der Waals surface area contributed by atoms with Gasteiger partial charge in [-0.25, -0.2) is 4.98 Å². The van der Waals surface area contributed by atoms with Crippen molar-refractivity contribution in [2.75, 3.05) is 30.8 Å². The minimum atomic E-state index is 0.0369. The highest BCUT2D eigenvalue weighted by atomic mass is 32.1. The van der Waals surface area contributed by atoms with Crippen molar-refractivity contribution < 1.29 is 4.79 Å². The maximum absolute atomic E-state index is 12.7. The highest BCUT2D eigenvalue weighted by Crippen LogP contribution is 2.31. The predicted molar refractivity (Wildman–Crippen MR) is 84.4 cm³/mol. The smallest absolute Gasteiger partial charge is 0.268 e. The van der Waals surface area contributed by atoms with Crippen LogP contribution in [0.15, 0.2) is 0 Å². The number of likely N-dealkylation sites (tertiary alicyclic amines) is 1. The number of carbonyl (C=O) groups is 1. The van der Waals surface area contributed by atoms with Crippen molar-refractivity contribution in [3.05, 3.63) is 4.88 Å². The molecule has 0 bridgehead atoms. The van der Waals surface area contributed by atoms with Gasteiger partial charge in [-0.05, 0) is 32.6 Å². The van der Waals surface area contributed by atoms with E-state index in [2.05, 4.69) is 18.8 Å². The summed E-state index contributed by atoms with van der Waals surface area (Å²) < 4.78 is 0. The highest BCUT2D eigenvalue weighted by molar-refractivity contribution is 7.18. The number of hydrogen-bond donors (Lipinski definition) is 1. The van der Waals surface area contributed by atoms with Gasteiger partial charge in [0.25, 0.3) is 5.91 Å². The van der Waals surface area contributed by atoms with Gasteiger partial charge in [-0.15, -0.1) is 0 Å². The van der Waals surface area contributed by atoms with E-state index in [0.29, 0.717) is 16.6 Å². The third-order valence-electron chi connectivity index (χ3n) is 4.02. The van der Waals surface area contributed by atoms with Gasteiger partial charge in [0.15, 0.2) is 5.13 Å². The standard InChI is InChI=1S/C14H24N4OS/c1-5-17(4)14-16-12(15)11(20-14)13(19)18-8-9(2)6-7-10(18)3/h9-10H,5-8,15H2,1-4H3.